The van der Waals surface area contributed by atoms with Crippen molar-refractivity contribution in [2.24, 2.45) is 0 Å². The van der Waals surface area contributed by atoms with Crippen LogP contribution in [0.4, 0.5) is 17.1 Å². The standard InChI is InChI=1S/C62H41N3/c1-4-18-45(19-5-1)63(46-20-6-2-7-21-46)48-36-32-42(33-37-48)61-51-26-10-12-28-53(51)62(54-29-13-11-27-52(54)61)65-58-31-17-15-25-50(58)56-41-44(35-39-60(56)65)43-34-38-59-55(40-43)49-24-14-16-30-57(49)64(59)47-22-8-3-9-23-47/h1-41H. The maximum Gasteiger partial charge on any atom is 0.0619 e. The molecule has 65 heavy (non-hydrogen) atoms. The van der Waals surface area contributed by atoms with Gasteiger partial charge >= 0.3 is 0 Å². The van der Waals surface area contributed by atoms with Gasteiger partial charge in [0.2, 0.25) is 0 Å². The van der Waals surface area contributed by atoms with Gasteiger partial charge in [0, 0.05) is 55.1 Å². The Bertz CT molecular complexity index is 3820. The van der Waals surface area contributed by atoms with Crippen molar-refractivity contribution < 1.29 is 0 Å². The third kappa shape index (κ3) is 5.90. The van der Waals surface area contributed by atoms with E-state index in [9.17, 15) is 0 Å². The molecule has 304 valence electrons. The van der Waals surface area contributed by atoms with Crippen molar-refractivity contribution in [1.29, 1.82) is 0 Å². The summed E-state index contributed by atoms with van der Waals surface area (Å²) in [5, 5.41) is 9.86. The van der Waals surface area contributed by atoms with E-state index in [2.05, 4.69) is 263 Å². The summed E-state index contributed by atoms with van der Waals surface area (Å²) >= 11 is 0. The molecule has 0 saturated carbocycles. The van der Waals surface area contributed by atoms with Gasteiger partial charge in [-0.1, -0.05) is 164 Å². The van der Waals surface area contributed by atoms with Crippen LogP contribution in [0.5, 0.6) is 0 Å². The minimum atomic E-state index is 1.11. The van der Waals surface area contributed by atoms with Gasteiger partial charge in [-0.3, -0.25) is 0 Å². The van der Waals surface area contributed by atoms with Crippen LogP contribution < -0.4 is 4.90 Å². The first-order chi connectivity index (χ1) is 32.3. The zero-order valence-corrected chi connectivity index (χ0v) is 35.5. The Labute approximate surface area is 376 Å². The number of benzene rings is 11. The van der Waals surface area contributed by atoms with E-state index in [1.54, 1.807) is 0 Å². The van der Waals surface area contributed by atoms with Gasteiger partial charge in [0.25, 0.3) is 0 Å². The molecule has 0 N–H and O–H groups in total. The van der Waals surface area contributed by atoms with Crippen LogP contribution in [0.2, 0.25) is 0 Å². The predicted octanol–water partition coefficient (Wildman–Crippen LogP) is 17.0. The molecule has 0 radical (unpaired) electrons. The Kier molecular flexibility index (Phi) is 8.53. The predicted molar refractivity (Wildman–Crippen MR) is 276 cm³/mol. The van der Waals surface area contributed by atoms with Crippen molar-refractivity contribution in [3.63, 3.8) is 0 Å². The number of aromatic nitrogens is 2. The summed E-state index contributed by atoms with van der Waals surface area (Å²) in [6, 6.07) is 90.6. The second-order valence-electron chi connectivity index (χ2n) is 16.9. The van der Waals surface area contributed by atoms with Gasteiger partial charge in [-0.05, 0) is 118 Å². The van der Waals surface area contributed by atoms with Crippen LogP contribution in [-0.4, -0.2) is 9.13 Å². The highest BCUT2D eigenvalue weighted by Crippen LogP contribution is 2.46. The Morgan fingerprint density at radius 3 is 1.14 bits per heavy atom. The zero-order valence-electron chi connectivity index (χ0n) is 35.5. The van der Waals surface area contributed by atoms with Crippen molar-refractivity contribution in [3.8, 4) is 33.6 Å². The molecule has 0 spiro atoms. The Morgan fingerprint density at radius 1 is 0.246 bits per heavy atom. The number of rotatable bonds is 7. The van der Waals surface area contributed by atoms with Crippen molar-refractivity contribution in [2.45, 2.75) is 0 Å². The molecular formula is C62H41N3. The molecule has 0 fully saturated rings. The highest BCUT2D eigenvalue weighted by atomic mass is 15.1. The van der Waals surface area contributed by atoms with Gasteiger partial charge in [0.15, 0.2) is 0 Å². The summed E-state index contributed by atoms with van der Waals surface area (Å²) < 4.78 is 4.89. The molecule has 0 atom stereocenters. The summed E-state index contributed by atoms with van der Waals surface area (Å²) in [5.74, 6) is 0. The zero-order chi connectivity index (χ0) is 42.8. The van der Waals surface area contributed by atoms with E-state index in [0.717, 1.165) is 17.1 Å². The average molecular weight is 828 g/mol. The average Bonchev–Trinajstić information content (AvgIpc) is 3.89. The maximum absolute atomic E-state index is 2.51. The summed E-state index contributed by atoms with van der Waals surface area (Å²) in [6.45, 7) is 0. The number of hydrogen-bond acceptors (Lipinski definition) is 1. The molecule has 3 heteroatoms. The highest BCUT2D eigenvalue weighted by molar-refractivity contribution is 6.21. The molecule has 0 aliphatic rings. The first-order valence-corrected chi connectivity index (χ1v) is 22.4. The Balaban J connectivity index is 0.981. The molecule has 13 rings (SSSR count). The number of anilines is 3. The molecule has 13 aromatic rings. The molecule has 0 aliphatic heterocycles. The molecule has 0 bridgehead atoms. The monoisotopic (exact) mass is 827 g/mol. The number of fused-ring (bicyclic) bond motifs is 8. The largest absolute Gasteiger partial charge is 0.311 e. The van der Waals surface area contributed by atoms with Crippen LogP contribution in [0, 0.1) is 0 Å². The van der Waals surface area contributed by atoms with E-state index in [0.29, 0.717) is 0 Å². The fourth-order valence-electron chi connectivity index (χ4n) is 10.4. The Morgan fingerprint density at radius 2 is 0.615 bits per heavy atom. The first kappa shape index (κ1) is 36.9. The van der Waals surface area contributed by atoms with E-state index >= 15 is 0 Å². The van der Waals surface area contributed by atoms with Crippen LogP contribution in [0.25, 0.3) is 98.8 Å². The third-order valence-corrected chi connectivity index (χ3v) is 13.3. The lowest BCUT2D eigenvalue weighted by Gasteiger charge is -2.26. The van der Waals surface area contributed by atoms with Crippen LogP contribution >= 0.6 is 0 Å². The Hall–Kier alpha value is -8.66. The van der Waals surface area contributed by atoms with Gasteiger partial charge in [-0.15, -0.1) is 0 Å². The fraction of sp³-hybridized carbons (Fsp3) is 0. The molecule has 0 aliphatic carbocycles. The topological polar surface area (TPSA) is 13.1 Å². The molecule has 0 unspecified atom stereocenters. The lowest BCUT2D eigenvalue weighted by atomic mass is 9.90. The summed E-state index contributed by atoms with van der Waals surface area (Å²) in [6.07, 6.45) is 0. The SMILES string of the molecule is c1ccc(N(c2ccccc2)c2ccc(-c3c4ccccc4c(-n4c5ccccc5c5cc(-c6ccc7c(c6)c6ccccc6n7-c6ccccc6)ccc54)c4ccccc34)cc2)cc1. The van der Waals surface area contributed by atoms with Crippen LogP contribution in [0.1, 0.15) is 0 Å². The molecule has 3 nitrogen and oxygen atoms in total. The number of para-hydroxylation sites is 5. The van der Waals surface area contributed by atoms with Gasteiger partial charge < -0.3 is 14.0 Å². The van der Waals surface area contributed by atoms with E-state index in [1.807, 2.05) is 0 Å². The van der Waals surface area contributed by atoms with Crippen molar-refractivity contribution in [2.75, 3.05) is 4.90 Å². The van der Waals surface area contributed by atoms with E-state index in [4.69, 9.17) is 0 Å². The van der Waals surface area contributed by atoms with Gasteiger partial charge in [-0.2, -0.15) is 0 Å². The second kappa shape index (κ2) is 15.0. The molecule has 0 saturated heterocycles. The normalized spacial score (nSPS) is 11.7. The molecule has 11 aromatic carbocycles. The number of hydrogen-bond donors (Lipinski definition) is 0. The summed E-state index contributed by atoms with van der Waals surface area (Å²) in [4.78, 5) is 2.32. The van der Waals surface area contributed by atoms with E-state index < -0.39 is 0 Å². The van der Waals surface area contributed by atoms with Gasteiger partial charge in [0.1, 0.15) is 0 Å². The molecule has 2 heterocycles. The quantitative estimate of drug-likeness (QED) is 0.146. The van der Waals surface area contributed by atoms with Crippen LogP contribution in [0.3, 0.4) is 0 Å². The van der Waals surface area contributed by atoms with E-state index in [1.165, 1.54) is 98.8 Å². The van der Waals surface area contributed by atoms with Gasteiger partial charge in [0.05, 0.1) is 27.8 Å². The van der Waals surface area contributed by atoms with Crippen LogP contribution in [-0.2, 0) is 0 Å². The maximum atomic E-state index is 2.51. The smallest absolute Gasteiger partial charge is 0.0619 e. The summed E-state index contributed by atoms with van der Waals surface area (Å²) in [7, 11) is 0. The van der Waals surface area contributed by atoms with E-state index in [-0.39, 0.29) is 0 Å². The first-order valence-electron chi connectivity index (χ1n) is 22.4. The van der Waals surface area contributed by atoms with Crippen molar-refractivity contribution >= 4 is 82.2 Å². The van der Waals surface area contributed by atoms with Crippen LogP contribution in [0.15, 0.2) is 249 Å². The second-order valence-corrected chi connectivity index (χ2v) is 16.9. The van der Waals surface area contributed by atoms with Gasteiger partial charge in [-0.25, -0.2) is 0 Å². The van der Waals surface area contributed by atoms with Crippen molar-refractivity contribution in [3.05, 3.63) is 249 Å². The minimum absolute atomic E-state index is 1.11. The summed E-state index contributed by atoms with van der Waals surface area (Å²) in [5.41, 5.74) is 15.3. The molecule has 0 amide bonds. The van der Waals surface area contributed by atoms with Crippen molar-refractivity contribution in [1.82, 2.24) is 9.13 Å². The highest BCUT2D eigenvalue weighted by Gasteiger charge is 2.22. The molecule has 2 aromatic heterocycles. The molecular weight excluding hydrogens is 787 g/mol. The lowest BCUT2D eigenvalue weighted by molar-refractivity contribution is 1.18. The lowest BCUT2D eigenvalue weighted by Crippen LogP contribution is -2.09. The fourth-order valence-corrected chi connectivity index (χ4v) is 10.4. The number of nitrogens with zero attached hydrogens (tertiary/aromatic N) is 3. The third-order valence-electron chi connectivity index (χ3n) is 13.3. The minimum Gasteiger partial charge on any atom is -0.311 e.